The molecule has 1 aromatic heterocycles. The molecule has 0 saturated carbocycles. The van der Waals surface area contributed by atoms with Crippen LogP contribution in [-0.4, -0.2) is 31.2 Å². The first-order valence-corrected chi connectivity index (χ1v) is 5.61. The Morgan fingerprint density at radius 1 is 1.50 bits per heavy atom. The van der Waals surface area contributed by atoms with Crippen LogP contribution < -0.4 is 10.2 Å². The van der Waals surface area contributed by atoms with Crippen molar-refractivity contribution in [1.82, 2.24) is 10.3 Å². The number of anilines is 1. The van der Waals surface area contributed by atoms with Crippen LogP contribution in [0.1, 0.15) is 18.4 Å². The summed E-state index contributed by atoms with van der Waals surface area (Å²) in [6, 6.07) is 6.26. The molecule has 1 saturated heterocycles. The van der Waals surface area contributed by atoms with E-state index in [1.54, 1.807) is 12.3 Å². The summed E-state index contributed by atoms with van der Waals surface area (Å²) in [6.07, 6.45) is 3.97. The summed E-state index contributed by atoms with van der Waals surface area (Å²) in [4.78, 5) is 6.50. The minimum absolute atomic E-state index is 0.530. The molecule has 0 spiro atoms. The van der Waals surface area contributed by atoms with Crippen molar-refractivity contribution in [3.63, 3.8) is 0 Å². The molecule has 16 heavy (non-hydrogen) atoms. The highest BCUT2D eigenvalue weighted by molar-refractivity contribution is 5.45. The van der Waals surface area contributed by atoms with Gasteiger partial charge in [-0.2, -0.15) is 5.26 Å². The molecule has 2 rings (SSSR count). The molecule has 0 bridgehead atoms. The average Bonchev–Trinajstić information content (AvgIpc) is 2.39. The highest BCUT2D eigenvalue weighted by atomic mass is 15.2. The smallest absolute Gasteiger partial charge is 0.129 e. The van der Waals surface area contributed by atoms with Crippen molar-refractivity contribution in [2.45, 2.75) is 18.9 Å². The lowest BCUT2D eigenvalue weighted by Gasteiger charge is -2.32. The van der Waals surface area contributed by atoms with Crippen LogP contribution in [0.15, 0.2) is 18.3 Å². The van der Waals surface area contributed by atoms with Gasteiger partial charge < -0.3 is 10.2 Å². The van der Waals surface area contributed by atoms with Gasteiger partial charge >= 0.3 is 0 Å². The number of nitriles is 1. The first kappa shape index (κ1) is 10.9. The largest absolute Gasteiger partial charge is 0.357 e. The maximum absolute atomic E-state index is 8.85. The van der Waals surface area contributed by atoms with Gasteiger partial charge in [0.2, 0.25) is 0 Å². The van der Waals surface area contributed by atoms with E-state index >= 15 is 0 Å². The summed E-state index contributed by atoms with van der Waals surface area (Å²) in [5, 5.41) is 12.2. The maximum atomic E-state index is 8.85. The number of hydrogen-bond donors (Lipinski definition) is 1. The van der Waals surface area contributed by atoms with E-state index in [1.165, 1.54) is 0 Å². The lowest BCUT2D eigenvalue weighted by Crippen LogP contribution is -2.41. The van der Waals surface area contributed by atoms with Crippen molar-refractivity contribution in [1.29, 1.82) is 5.26 Å². The van der Waals surface area contributed by atoms with Gasteiger partial charge in [-0.1, -0.05) is 0 Å². The fraction of sp³-hybridized carbons (Fsp3) is 0.500. The van der Waals surface area contributed by atoms with Crippen molar-refractivity contribution < 1.29 is 0 Å². The van der Waals surface area contributed by atoms with Gasteiger partial charge in [-0.15, -0.1) is 0 Å². The summed E-state index contributed by atoms with van der Waals surface area (Å²) in [5.74, 6) is 0.894. The van der Waals surface area contributed by atoms with Gasteiger partial charge in [-0.05, 0) is 38.1 Å². The Morgan fingerprint density at radius 3 is 2.94 bits per heavy atom. The number of aromatic nitrogens is 1. The van der Waals surface area contributed by atoms with Crippen molar-refractivity contribution >= 4 is 5.82 Å². The Bertz CT molecular complexity index is 390. The van der Waals surface area contributed by atoms with E-state index < -0.39 is 0 Å². The second-order valence-electron chi connectivity index (χ2n) is 4.11. The lowest BCUT2D eigenvalue weighted by atomic mass is 10.1. The van der Waals surface area contributed by atoms with Gasteiger partial charge in [0.05, 0.1) is 11.6 Å². The van der Waals surface area contributed by atoms with Crippen LogP contribution in [-0.2, 0) is 0 Å². The number of pyridine rings is 1. The number of nitrogens with zero attached hydrogens (tertiary/aromatic N) is 3. The molecule has 4 heteroatoms. The summed E-state index contributed by atoms with van der Waals surface area (Å²) >= 11 is 0. The van der Waals surface area contributed by atoms with Gasteiger partial charge in [0.25, 0.3) is 0 Å². The molecule has 84 valence electrons. The van der Waals surface area contributed by atoms with Crippen molar-refractivity contribution in [3.8, 4) is 6.07 Å². The Balaban J connectivity index is 2.13. The first-order valence-electron chi connectivity index (χ1n) is 5.61. The number of hydrogen-bond acceptors (Lipinski definition) is 4. The molecule has 1 fully saturated rings. The maximum Gasteiger partial charge on any atom is 0.129 e. The van der Waals surface area contributed by atoms with Crippen LogP contribution in [0.5, 0.6) is 0 Å². The number of rotatable bonds is 2. The standard InChI is InChI=1S/C12H16N4/c1-16(11-3-5-14-6-4-11)12-8-10(9-13)2-7-15-12/h2,7-8,11,14H,3-6H2,1H3. The van der Waals surface area contributed by atoms with Crippen LogP contribution >= 0.6 is 0 Å². The molecule has 0 unspecified atom stereocenters. The number of piperidine rings is 1. The summed E-state index contributed by atoms with van der Waals surface area (Å²) in [5.41, 5.74) is 0.672. The quantitative estimate of drug-likeness (QED) is 0.805. The van der Waals surface area contributed by atoms with Gasteiger partial charge in [-0.3, -0.25) is 0 Å². The molecular formula is C12H16N4. The second kappa shape index (κ2) is 4.95. The topological polar surface area (TPSA) is 52.0 Å². The molecule has 0 radical (unpaired) electrons. The molecule has 0 aromatic carbocycles. The molecule has 4 nitrogen and oxygen atoms in total. The third-order valence-corrected chi connectivity index (χ3v) is 3.09. The van der Waals surface area contributed by atoms with E-state index in [2.05, 4.69) is 28.3 Å². The predicted molar refractivity (Wildman–Crippen MR) is 63.2 cm³/mol. The van der Waals surface area contributed by atoms with Gasteiger partial charge in [-0.25, -0.2) is 4.98 Å². The number of nitrogens with one attached hydrogen (secondary N) is 1. The Morgan fingerprint density at radius 2 is 2.25 bits per heavy atom. The second-order valence-corrected chi connectivity index (χ2v) is 4.11. The molecule has 0 atom stereocenters. The third-order valence-electron chi connectivity index (χ3n) is 3.09. The summed E-state index contributed by atoms with van der Waals surface area (Å²) in [6.45, 7) is 2.12. The Labute approximate surface area is 95.9 Å². The van der Waals surface area contributed by atoms with Crippen LogP contribution in [0.4, 0.5) is 5.82 Å². The van der Waals surface area contributed by atoms with Crippen molar-refractivity contribution in [2.24, 2.45) is 0 Å². The van der Waals surface area contributed by atoms with Crippen molar-refractivity contribution in [2.75, 3.05) is 25.0 Å². The predicted octanol–water partition coefficient (Wildman–Crippen LogP) is 1.14. The fourth-order valence-corrected chi connectivity index (χ4v) is 2.06. The summed E-state index contributed by atoms with van der Waals surface area (Å²) < 4.78 is 0. The lowest BCUT2D eigenvalue weighted by molar-refractivity contribution is 0.442. The van der Waals surface area contributed by atoms with E-state index in [0.29, 0.717) is 11.6 Å². The zero-order chi connectivity index (χ0) is 11.4. The van der Waals surface area contributed by atoms with E-state index in [4.69, 9.17) is 5.26 Å². The van der Waals surface area contributed by atoms with E-state index in [9.17, 15) is 0 Å². The molecule has 1 N–H and O–H groups in total. The van der Waals surface area contributed by atoms with Gasteiger partial charge in [0, 0.05) is 19.3 Å². The highest BCUT2D eigenvalue weighted by Gasteiger charge is 2.18. The third kappa shape index (κ3) is 2.31. The van der Waals surface area contributed by atoms with Crippen LogP contribution in [0.25, 0.3) is 0 Å². The monoisotopic (exact) mass is 216 g/mol. The minimum Gasteiger partial charge on any atom is -0.357 e. The zero-order valence-electron chi connectivity index (χ0n) is 9.48. The SMILES string of the molecule is CN(c1cc(C#N)ccn1)C1CCNCC1. The minimum atomic E-state index is 0.530. The van der Waals surface area contributed by atoms with Crippen LogP contribution in [0.2, 0.25) is 0 Å². The van der Waals surface area contributed by atoms with E-state index in [0.717, 1.165) is 31.7 Å². The average molecular weight is 216 g/mol. The van der Waals surface area contributed by atoms with E-state index in [1.807, 2.05) is 6.07 Å². The Kier molecular flexibility index (Phi) is 3.37. The van der Waals surface area contributed by atoms with Gasteiger partial charge in [0.1, 0.15) is 5.82 Å². The van der Waals surface area contributed by atoms with E-state index in [-0.39, 0.29) is 0 Å². The zero-order valence-corrected chi connectivity index (χ0v) is 9.48. The van der Waals surface area contributed by atoms with Crippen LogP contribution in [0.3, 0.4) is 0 Å². The molecule has 2 heterocycles. The molecular weight excluding hydrogens is 200 g/mol. The van der Waals surface area contributed by atoms with Gasteiger partial charge in [0.15, 0.2) is 0 Å². The summed E-state index contributed by atoms with van der Waals surface area (Å²) in [7, 11) is 2.06. The normalized spacial score (nSPS) is 16.8. The molecule has 1 aliphatic heterocycles. The van der Waals surface area contributed by atoms with Crippen molar-refractivity contribution in [3.05, 3.63) is 23.9 Å². The molecule has 1 aromatic rings. The molecule has 0 aliphatic carbocycles. The molecule has 0 amide bonds. The first-order chi connectivity index (χ1) is 7.81. The molecule has 1 aliphatic rings. The fourth-order valence-electron chi connectivity index (χ4n) is 2.06. The Hall–Kier alpha value is -1.60. The highest BCUT2D eigenvalue weighted by Crippen LogP contribution is 2.18. The van der Waals surface area contributed by atoms with Crippen LogP contribution in [0, 0.1) is 11.3 Å².